The number of aryl methyl sites for hydroxylation is 1. The van der Waals surface area contributed by atoms with Gasteiger partial charge in [0.15, 0.2) is 5.16 Å². The summed E-state index contributed by atoms with van der Waals surface area (Å²) in [6.45, 7) is 6.71. The van der Waals surface area contributed by atoms with Crippen LogP contribution in [0, 0.1) is 0 Å². The lowest BCUT2D eigenvalue weighted by Gasteiger charge is -2.08. The van der Waals surface area contributed by atoms with Crippen molar-refractivity contribution in [1.82, 2.24) is 14.8 Å². The van der Waals surface area contributed by atoms with Gasteiger partial charge in [-0.1, -0.05) is 66.4 Å². The molecule has 1 N–H and O–H groups in total. The van der Waals surface area contributed by atoms with Crippen molar-refractivity contribution in [2.24, 2.45) is 0 Å². The van der Waals surface area contributed by atoms with Crippen LogP contribution in [-0.4, -0.2) is 26.4 Å². The highest BCUT2D eigenvalue weighted by atomic mass is 79.9. The standard InChI is InChI=1S/C20H27BrN4OS/c1-3-5-6-7-8-9-18-23-24-20(25(18)14-4-2)27-15-19(26)22-17-12-10-16(21)11-13-17/h4,10-13H,2-3,5-9,14-15H2,1H3,(H,22,26). The summed E-state index contributed by atoms with van der Waals surface area (Å²) in [7, 11) is 0. The maximum absolute atomic E-state index is 12.2. The molecule has 0 atom stereocenters. The number of halogens is 1. The Kier molecular flexibility index (Phi) is 9.62. The van der Waals surface area contributed by atoms with Crippen LogP contribution in [0.3, 0.4) is 0 Å². The molecule has 0 bridgehead atoms. The van der Waals surface area contributed by atoms with Crippen molar-refractivity contribution in [1.29, 1.82) is 0 Å². The van der Waals surface area contributed by atoms with Gasteiger partial charge >= 0.3 is 0 Å². The van der Waals surface area contributed by atoms with Gasteiger partial charge in [-0.2, -0.15) is 0 Å². The van der Waals surface area contributed by atoms with E-state index in [0.29, 0.717) is 12.3 Å². The van der Waals surface area contributed by atoms with Crippen molar-refractivity contribution in [3.05, 3.63) is 47.2 Å². The molecule has 0 aliphatic rings. The summed E-state index contributed by atoms with van der Waals surface area (Å²) in [5.41, 5.74) is 0.782. The number of hydrogen-bond donors (Lipinski definition) is 1. The third kappa shape index (κ3) is 7.50. The smallest absolute Gasteiger partial charge is 0.234 e. The molecule has 1 aromatic heterocycles. The van der Waals surface area contributed by atoms with Gasteiger partial charge in [-0.3, -0.25) is 4.79 Å². The third-order valence-corrected chi connectivity index (χ3v) is 5.56. The first-order valence-corrected chi connectivity index (χ1v) is 11.1. The van der Waals surface area contributed by atoms with Crippen LogP contribution in [0.1, 0.15) is 44.9 Å². The Bertz CT molecular complexity index is 730. The highest BCUT2D eigenvalue weighted by Gasteiger charge is 2.13. The molecule has 0 fully saturated rings. The average Bonchev–Trinajstić information content (AvgIpc) is 3.04. The molecule has 0 aliphatic carbocycles. The zero-order valence-corrected chi connectivity index (χ0v) is 18.2. The first kappa shape index (κ1) is 21.7. The summed E-state index contributed by atoms with van der Waals surface area (Å²) in [6, 6.07) is 7.53. The van der Waals surface area contributed by atoms with Crippen LogP contribution in [0.2, 0.25) is 0 Å². The van der Waals surface area contributed by atoms with E-state index in [9.17, 15) is 4.79 Å². The minimum atomic E-state index is -0.0587. The number of aromatic nitrogens is 3. The maximum Gasteiger partial charge on any atom is 0.234 e. The van der Waals surface area contributed by atoms with Gasteiger partial charge in [0.1, 0.15) is 5.82 Å². The van der Waals surface area contributed by atoms with Crippen LogP contribution >= 0.6 is 27.7 Å². The number of rotatable bonds is 12. The molecule has 0 aliphatic heterocycles. The lowest BCUT2D eigenvalue weighted by atomic mass is 10.1. The molecule has 1 aromatic carbocycles. The first-order chi connectivity index (χ1) is 13.1. The van der Waals surface area contributed by atoms with Crippen molar-refractivity contribution in [2.45, 2.75) is 57.1 Å². The van der Waals surface area contributed by atoms with Crippen molar-refractivity contribution in [3.63, 3.8) is 0 Å². The fourth-order valence-corrected chi connectivity index (χ4v) is 3.70. The summed E-state index contributed by atoms with van der Waals surface area (Å²) < 4.78 is 3.04. The Morgan fingerprint density at radius 3 is 2.67 bits per heavy atom. The molecule has 0 saturated heterocycles. The molecule has 0 spiro atoms. The molecular formula is C20H27BrN4OS. The van der Waals surface area contributed by atoms with E-state index in [4.69, 9.17) is 0 Å². The van der Waals surface area contributed by atoms with Gasteiger partial charge in [0.05, 0.1) is 5.75 Å². The van der Waals surface area contributed by atoms with E-state index < -0.39 is 0 Å². The zero-order valence-electron chi connectivity index (χ0n) is 15.8. The van der Waals surface area contributed by atoms with Crippen molar-refractivity contribution >= 4 is 39.3 Å². The maximum atomic E-state index is 12.2. The fourth-order valence-electron chi connectivity index (χ4n) is 2.67. The van der Waals surface area contributed by atoms with Crippen LogP contribution in [0.15, 0.2) is 46.5 Å². The normalized spacial score (nSPS) is 10.7. The summed E-state index contributed by atoms with van der Waals surface area (Å²) >= 11 is 4.79. The van der Waals surface area contributed by atoms with Gasteiger partial charge < -0.3 is 9.88 Å². The lowest BCUT2D eigenvalue weighted by molar-refractivity contribution is -0.113. The molecule has 146 valence electrons. The average molecular weight is 451 g/mol. The Morgan fingerprint density at radius 1 is 1.22 bits per heavy atom. The van der Waals surface area contributed by atoms with Crippen LogP contribution in [0.5, 0.6) is 0 Å². The molecule has 1 amide bonds. The predicted octanol–water partition coefficient (Wildman–Crippen LogP) is 5.47. The van der Waals surface area contributed by atoms with E-state index in [1.54, 1.807) is 0 Å². The zero-order chi connectivity index (χ0) is 19.5. The summed E-state index contributed by atoms with van der Waals surface area (Å²) in [5, 5.41) is 12.3. The van der Waals surface area contributed by atoms with E-state index in [2.05, 4.69) is 49.5 Å². The summed E-state index contributed by atoms with van der Waals surface area (Å²) in [5.74, 6) is 1.21. The lowest BCUT2D eigenvalue weighted by Crippen LogP contribution is -2.14. The number of anilines is 1. The molecule has 7 heteroatoms. The van der Waals surface area contributed by atoms with Crippen LogP contribution in [0.4, 0.5) is 5.69 Å². The minimum absolute atomic E-state index is 0.0587. The molecule has 2 aromatic rings. The quantitative estimate of drug-likeness (QED) is 0.264. The Morgan fingerprint density at radius 2 is 1.96 bits per heavy atom. The second-order valence-corrected chi connectivity index (χ2v) is 8.16. The topological polar surface area (TPSA) is 59.8 Å². The molecule has 5 nitrogen and oxygen atoms in total. The molecule has 27 heavy (non-hydrogen) atoms. The SMILES string of the molecule is C=CCn1c(CCCCCCC)nnc1SCC(=O)Nc1ccc(Br)cc1. The molecule has 0 radical (unpaired) electrons. The second-order valence-electron chi connectivity index (χ2n) is 6.31. The number of carbonyl (C=O) groups is 1. The first-order valence-electron chi connectivity index (χ1n) is 9.35. The Balaban J connectivity index is 1.88. The van der Waals surface area contributed by atoms with Crippen LogP contribution < -0.4 is 5.32 Å². The van der Waals surface area contributed by atoms with Gasteiger partial charge in [-0.15, -0.1) is 16.8 Å². The number of nitrogens with zero attached hydrogens (tertiary/aromatic N) is 3. The van der Waals surface area contributed by atoms with Crippen molar-refractivity contribution in [3.8, 4) is 0 Å². The highest BCUT2D eigenvalue weighted by Crippen LogP contribution is 2.20. The minimum Gasteiger partial charge on any atom is -0.325 e. The number of thioether (sulfide) groups is 1. The van der Waals surface area contributed by atoms with Gasteiger partial charge in [0.25, 0.3) is 0 Å². The van der Waals surface area contributed by atoms with E-state index in [1.807, 2.05) is 30.3 Å². The molecule has 2 rings (SSSR count). The van der Waals surface area contributed by atoms with Crippen molar-refractivity contribution < 1.29 is 4.79 Å². The largest absolute Gasteiger partial charge is 0.325 e. The number of benzene rings is 1. The monoisotopic (exact) mass is 450 g/mol. The number of hydrogen-bond acceptors (Lipinski definition) is 4. The number of carbonyl (C=O) groups excluding carboxylic acids is 1. The van der Waals surface area contributed by atoms with Crippen LogP contribution in [0.25, 0.3) is 0 Å². The van der Waals surface area contributed by atoms with E-state index >= 15 is 0 Å². The number of unbranched alkanes of at least 4 members (excludes halogenated alkanes) is 4. The molecule has 1 heterocycles. The van der Waals surface area contributed by atoms with E-state index in [-0.39, 0.29) is 5.91 Å². The predicted molar refractivity (Wildman–Crippen MR) is 116 cm³/mol. The Labute approximate surface area is 174 Å². The Hall–Kier alpha value is -1.60. The highest BCUT2D eigenvalue weighted by molar-refractivity contribution is 9.10. The van der Waals surface area contributed by atoms with Gasteiger partial charge in [0, 0.05) is 23.1 Å². The number of nitrogens with one attached hydrogen (secondary N) is 1. The molecule has 0 saturated carbocycles. The van der Waals surface area contributed by atoms with E-state index in [1.165, 1.54) is 37.4 Å². The summed E-state index contributed by atoms with van der Waals surface area (Å²) in [4.78, 5) is 12.2. The second kappa shape index (κ2) is 12.0. The van der Waals surface area contributed by atoms with Crippen LogP contribution in [-0.2, 0) is 17.8 Å². The van der Waals surface area contributed by atoms with Crippen molar-refractivity contribution in [2.75, 3.05) is 11.1 Å². The summed E-state index contributed by atoms with van der Waals surface area (Å²) in [6.07, 6.45) is 8.89. The fraction of sp³-hybridized carbons (Fsp3) is 0.450. The molecular weight excluding hydrogens is 424 g/mol. The number of amides is 1. The van der Waals surface area contributed by atoms with Gasteiger partial charge in [0.2, 0.25) is 5.91 Å². The number of allylic oxidation sites excluding steroid dienone is 1. The van der Waals surface area contributed by atoms with Gasteiger partial charge in [-0.05, 0) is 30.7 Å². The molecule has 0 unspecified atom stereocenters. The van der Waals surface area contributed by atoms with Gasteiger partial charge in [-0.25, -0.2) is 0 Å². The third-order valence-electron chi connectivity index (χ3n) is 4.07. The van der Waals surface area contributed by atoms with E-state index in [0.717, 1.165) is 34.0 Å².